The molecule has 0 saturated carbocycles. The minimum Gasteiger partial charge on any atom is -0.296 e. The monoisotopic (exact) mass is 234 g/mol. The third-order valence-electron chi connectivity index (χ3n) is 2.51. The third-order valence-corrected chi connectivity index (χ3v) is 2.51. The summed E-state index contributed by atoms with van der Waals surface area (Å²) in [6, 6.07) is 2.29. The van der Waals surface area contributed by atoms with Crippen molar-refractivity contribution >= 4 is 0 Å². The molecule has 0 aromatic carbocycles. The van der Waals surface area contributed by atoms with Crippen molar-refractivity contribution in [3.63, 3.8) is 0 Å². The highest BCUT2D eigenvalue weighted by molar-refractivity contribution is 5.31. The Hall–Kier alpha value is -1.34. The van der Waals surface area contributed by atoms with Crippen LogP contribution in [0.3, 0.4) is 0 Å². The first-order valence-corrected chi connectivity index (χ1v) is 5.95. The molecule has 1 atom stereocenters. The van der Waals surface area contributed by atoms with Gasteiger partial charge in [-0.25, -0.2) is 0 Å². The molecule has 94 valence electrons. The molecule has 0 radical (unpaired) electrons. The van der Waals surface area contributed by atoms with E-state index >= 15 is 0 Å². The topological polar surface area (TPSA) is 53.6 Å². The summed E-state index contributed by atoms with van der Waals surface area (Å²) in [4.78, 5) is 0. The summed E-state index contributed by atoms with van der Waals surface area (Å²) in [7, 11) is 1.89. The Morgan fingerprint density at radius 3 is 2.41 bits per heavy atom. The average molecular weight is 234 g/mol. The second-order valence-corrected chi connectivity index (χ2v) is 5.74. The van der Waals surface area contributed by atoms with E-state index in [1.165, 1.54) is 0 Å². The second-order valence-electron chi connectivity index (χ2n) is 5.74. The van der Waals surface area contributed by atoms with Crippen molar-refractivity contribution in [1.29, 1.82) is 5.26 Å². The maximum absolute atomic E-state index is 9.28. The molecule has 0 fully saturated rings. The molecule has 1 rings (SSSR count). The lowest BCUT2D eigenvalue weighted by atomic mass is 9.87. The fraction of sp³-hybridized carbons (Fsp3) is 0.692. The van der Waals surface area contributed by atoms with Crippen molar-refractivity contribution < 1.29 is 0 Å². The number of hydrogen-bond acceptors (Lipinski definition) is 3. The van der Waals surface area contributed by atoms with Gasteiger partial charge in [-0.05, 0) is 13.8 Å². The van der Waals surface area contributed by atoms with E-state index in [-0.39, 0.29) is 17.5 Å². The van der Waals surface area contributed by atoms with Gasteiger partial charge in [-0.1, -0.05) is 20.8 Å². The zero-order valence-electron chi connectivity index (χ0n) is 11.6. The summed E-state index contributed by atoms with van der Waals surface area (Å²) in [5.74, 6) is 0. The van der Waals surface area contributed by atoms with Crippen LogP contribution < -0.4 is 5.32 Å². The van der Waals surface area contributed by atoms with Crippen LogP contribution in [0, 0.1) is 11.3 Å². The largest absolute Gasteiger partial charge is 0.296 e. The average Bonchev–Trinajstić information content (AvgIpc) is 2.55. The highest BCUT2D eigenvalue weighted by atomic mass is 15.3. The van der Waals surface area contributed by atoms with Crippen LogP contribution in [0.25, 0.3) is 0 Å². The van der Waals surface area contributed by atoms with Crippen molar-refractivity contribution in [2.24, 2.45) is 7.05 Å². The lowest BCUT2D eigenvalue weighted by Crippen LogP contribution is -2.29. The molecule has 0 aliphatic heterocycles. The Kier molecular flexibility index (Phi) is 3.94. The van der Waals surface area contributed by atoms with Crippen LogP contribution >= 0.6 is 0 Å². The summed E-state index contributed by atoms with van der Waals surface area (Å²) in [5, 5.41) is 17.0. The second kappa shape index (κ2) is 4.89. The number of nitriles is 1. The first-order valence-electron chi connectivity index (χ1n) is 5.95. The molecular weight excluding hydrogens is 212 g/mol. The van der Waals surface area contributed by atoms with E-state index in [0.29, 0.717) is 0 Å². The van der Waals surface area contributed by atoms with E-state index in [9.17, 15) is 5.26 Å². The Morgan fingerprint density at radius 1 is 1.41 bits per heavy atom. The van der Waals surface area contributed by atoms with Crippen LogP contribution in [0.1, 0.15) is 51.9 Å². The number of nitrogens with one attached hydrogen (secondary N) is 1. The Bertz CT molecular complexity index is 418. The van der Waals surface area contributed by atoms with Crippen molar-refractivity contribution in [3.05, 3.63) is 17.5 Å². The smallest absolute Gasteiger partial charge is 0.124 e. The van der Waals surface area contributed by atoms with Crippen molar-refractivity contribution in [2.45, 2.75) is 52.1 Å². The molecule has 1 aromatic heterocycles. The predicted molar refractivity (Wildman–Crippen MR) is 68.5 cm³/mol. The van der Waals surface area contributed by atoms with Crippen LogP contribution in [0.2, 0.25) is 0 Å². The van der Waals surface area contributed by atoms with E-state index in [0.717, 1.165) is 11.3 Å². The Labute approximate surface area is 104 Å². The molecule has 0 aliphatic carbocycles. The molecule has 1 heterocycles. The van der Waals surface area contributed by atoms with Gasteiger partial charge in [0.05, 0.1) is 11.8 Å². The van der Waals surface area contributed by atoms with Gasteiger partial charge in [0.25, 0.3) is 0 Å². The third kappa shape index (κ3) is 3.31. The number of nitrogens with zero attached hydrogens (tertiary/aromatic N) is 3. The van der Waals surface area contributed by atoms with Crippen molar-refractivity contribution in [2.75, 3.05) is 0 Å². The van der Waals surface area contributed by atoms with E-state index in [1.54, 1.807) is 4.68 Å². The summed E-state index contributed by atoms with van der Waals surface area (Å²) in [6.45, 7) is 10.4. The maximum atomic E-state index is 9.28. The van der Waals surface area contributed by atoms with Crippen molar-refractivity contribution in [3.8, 4) is 6.07 Å². The fourth-order valence-electron chi connectivity index (χ4n) is 1.83. The quantitative estimate of drug-likeness (QED) is 0.873. The summed E-state index contributed by atoms with van der Waals surface area (Å²) in [5.41, 5.74) is 1.92. The van der Waals surface area contributed by atoms with Gasteiger partial charge in [0, 0.05) is 30.3 Å². The SMILES string of the molecule is CC(C)NC(C#N)c1cn(C)nc1C(C)(C)C. The van der Waals surface area contributed by atoms with Gasteiger partial charge in [-0.2, -0.15) is 10.4 Å². The van der Waals surface area contributed by atoms with Crippen LogP contribution in [0.15, 0.2) is 6.20 Å². The Morgan fingerprint density at radius 2 is 2.00 bits per heavy atom. The number of rotatable bonds is 3. The number of hydrogen-bond donors (Lipinski definition) is 1. The summed E-state index contributed by atoms with van der Waals surface area (Å²) in [6.07, 6.45) is 1.93. The van der Waals surface area contributed by atoms with E-state index in [2.05, 4.69) is 37.3 Å². The molecule has 17 heavy (non-hydrogen) atoms. The molecule has 0 saturated heterocycles. The minimum absolute atomic E-state index is 0.0512. The van der Waals surface area contributed by atoms with Crippen LogP contribution in [-0.4, -0.2) is 15.8 Å². The highest BCUT2D eigenvalue weighted by Gasteiger charge is 2.26. The Balaban J connectivity index is 3.16. The molecule has 1 N–H and O–H groups in total. The lowest BCUT2D eigenvalue weighted by molar-refractivity contribution is 0.515. The first-order chi connectivity index (χ1) is 7.75. The van der Waals surface area contributed by atoms with Gasteiger partial charge in [0.15, 0.2) is 0 Å². The van der Waals surface area contributed by atoms with Gasteiger partial charge >= 0.3 is 0 Å². The van der Waals surface area contributed by atoms with Crippen LogP contribution in [-0.2, 0) is 12.5 Å². The first kappa shape index (κ1) is 13.7. The minimum atomic E-state index is -0.294. The van der Waals surface area contributed by atoms with E-state index < -0.39 is 0 Å². The normalized spacial score (nSPS) is 13.8. The number of aryl methyl sites for hydroxylation is 1. The van der Waals surface area contributed by atoms with Crippen LogP contribution in [0.4, 0.5) is 0 Å². The van der Waals surface area contributed by atoms with Gasteiger partial charge in [-0.15, -0.1) is 0 Å². The number of aromatic nitrogens is 2. The summed E-state index contributed by atoms with van der Waals surface area (Å²) < 4.78 is 1.78. The fourth-order valence-corrected chi connectivity index (χ4v) is 1.83. The van der Waals surface area contributed by atoms with Crippen LogP contribution in [0.5, 0.6) is 0 Å². The molecule has 0 bridgehead atoms. The van der Waals surface area contributed by atoms with E-state index in [1.807, 2.05) is 27.1 Å². The standard InChI is InChI=1S/C13H22N4/c1-9(2)15-11(7-14)10-8-17(6)16-12(10)13(3,4)5/h8-9,11,15H,1-6H3. The molecule has 4 nitrogen and oxygen atoms in total. The summed E-state index contributed by atoms with van der Waals surface area (Å²) >= 11 is 0. The zero-order valence-corrected chi connectivity index (χ0v) is 11.6. The van der Waals surface area contributed by atoms with Crippen molar-refractivity contribution in [1.82, 2.24) is 15.1 Å². The lowest BCUT2D eigenvalue weighted by Gasteiger charge is -2.21. The van der Waals surface area contributed by atoms with Gasteiger partial charge < -0.3 is 0 Å². The van der Waals surface area contributed by atoms with Gasteiger partial charge in [0.2, 0.25) is 0 Å². The molecule has 0 aliphatic rings. The molecule has 0 spiro atoms. The van der Waals surface area contributed by atoms with Gasteiger partial charge in [0.1, 0.15) is 6.04 Å². The maximum Gasteiger partial charge on any atom is 0.124 e. The molecular formula is C13H22N4. The molecule has 1 unspecified atom stereocenters. The van der Waals surface area contributed by atoms with E-state index in [4.69, 9.17) is 0 Å². The highest BCUT2D eigenvalue weighted by Crippen LogP contribution is 2.28. The molecule has 4 heteroatoms. The van der Waals surface area contributed by atoms with Gasteiger partial charge in [-0.3, -0.25) is 10.00 Å². The zero-order chi connectivity index (χ0) is 13.2. The molecule has 0 amide bonds. The predicted octanol–water partition coefficient (Wildman–Crippen LogP) is 2.28. The molecule has 1 aromatic rings.